The van der Waals surface area contributed by atoms with Gasteiger partial charge in [0, 0.05) is 13.5 Å². The first kappa shape index (κ1) is 22.9. The molecule has 0 bridgehead atoms. The third-order valence-corrected chi connectivity index (χ3v) is 10.4. The van der Waals surface area contributed by atoms with Gasteiger partial charge in [-0.25, -0.2) is 0 Å². The Kier molecular flexibility index (Phi) is 5.01. The smallest absolute Gasteiger partial charge is 0.173 e. The second-order valence-corrected chi connectivity index (χ2v) is 12.1. The Morgan fingerprint density at radius 3 is 2.80 bits per heavy atom. The topological polar surface area (TPSA) is 75.6 Å². The molecular formula is C28H38O7. The minimum absolute atomic E-state index is 0.0000131. The first-order valence-corrected chi connectivity index (χ1v) is 13.4. The van der Waals surface area contributed by atoms with Crippen molar-refractivity contribution in [2.75, 3.05) is 20.3 Å². The Hall–Kier alpha value is -1.22. The zero-order chi connectivity index (χ0) is 24.2. The van der Waals surface area contributed by atoms with Crippen LogP contribution in [0.25, 0.3) is 0 Å². The van der Waals surface area contributed by atoms with Gasteiger partial charge >= 0.3 is 0 Å². The van der Waals surface area contributed by atoms with Crippen LogP contribution in [0.4, 0.5) is 0 Å². The van der Waals surface area contributed by atoms with Crippen LogP contribution in [-0.4, -0.2) is 68.0 Å². The van der Waals surface area contributed by atoms with Crippen molar-refractivity contribution in [1.29, 1.82) is 0 Å². The van der Waals surface area contributed by atoms with Crippen molar-refractivity contribution >= 4 is 0 Å². The second-order valence-electron chi connectivity index (χ2n) is 12.1. The normalized spacial score (nSPS) is 54.0. The van der Waals surface area contributed by atoms with Gasteiger partial charge in [0.2, 0.25) is 0 Å². The van der Waals surface area contributed by atoms with Gasteiger partial charge in [-0.15, -0.1) is 0 Å². The molecule has 4 fully saturated rings. The predicted octanol–water partition coefficient (Wildman–Crippen LogP) is 3.62. The molecule has 7 rings (SSSR count). The highest BCUT2D eigenvalue weighted by molar-refractivity contribution is 5.48. The van der Waals surface area contributed by atoms with Crippen molar-refractivity contribution in [3.63, 3.8) is 0 Å². The number of methoxy groups -OCH3 is 1. The lowest BCUT2D eigenvalue weighted by molar-refractivity contribution is -0.259. The number of fused-ring (bicyclic) bond motifs is 3. The van der Waals surface area contributed by atoms with Crippen molar-refractivity contribution in [1.82, 2.24) is 0 Å². The Labute approximate surface area is 207 Å². The Morgan fingerprint density at radius 2 is 1.97 bits per heavy atom. The fraction of sp³-hybridized carbons (Fsp3) is 0.786. The first-order valence-electron chi connectivity index (χ1n) is 13.4. The Morgan fingerprint density at radius 1 is 1.11 bits per heavy atom. The van der Waals surface area contributed by atoms with Crippen LogP contribution in [-0.2, 0) is 28.4 Å². The molecule has 4 saturated heterocycles. The van der Waals surface area contributed by atoms with Crippen LogP contribution in [0, 0.1) is 22.7 Å². The molecule has 0 aromatic heterocycles. The molecular weight excluding hydrogens is 448 g/mol. The van der Waals surface area contributed by atoms with Gasteiger partial charge in [0.15, 0.2) is 12.1 Å². The minimum atomic E-state index is -0.623. The maximum absolute atomic E-state index is 10.3. The van der Waals surface area contributed by atoms with Crippen molar-refractivity contribution in [2.24, 2.45) is 22.7 Å². The van der Waals surface area contributed by atoms with E-state index in [-0.39, 0.29) is 41.5 Å². The van der Waals surface area contributed by atoms with Gasteiger partial charge in [-0.2, -0.15) is 0 Å². The summed E-state index contributed by atoms with van der Waals surface area (Å²) < 4.78 is 36.8. The summed E-state index contributed by atoms with van der Waals surface area (Å²) >= 11 is 0. The molecule has 3 aliphatic carbocycles. The zero-order valence-corrected chi connectivity index (χ0v) is 21.2. The molecule has 0 aromatic rings. The van der Waals surface area contributed by atoms with E-state index in [0.717, 1.165) is 25.7 Å². The number of allylic oxidation sites excluding steroid dienone is 4. The van der Waals surface area contributed by atoms with Crippen molar-refractivity contribution in [3.05, 3.63) is 35.1 Å². The summed E-state index contributed by atoms with van der Waals surface area (Å²) in [7, 11) is 1.64. The fourth-order valence-corrected chi connectivity index (χ4v) is 8.46. The molecule has 7 nitrogen and oxygen atoms in total. The SMILES string of the molecule is CO[C@H]1C[C@@H](O[C@H]2C=C3C=CC4=C5O[C@H]6CO[C@@]7(C)OC[C@]5(CC[C@H]4[C@]3(C)CC2)[C@@H]67)O[C@@H](C)[C@@H]1O. The quantitative estimate of drug-likeness (QED) is 0.653. The molecule has 0 amide bonds. The molecule has 7 heteroatoms. The summed E-state index contributed by atoms with van der Waals surface area (Å²) in [5.74, 6) is 1.44. The van der Waals surface area contributed by atoms with E-state index in [0.29, 0.717) is 31.5 Å². The number of hydrogen-bond acceptors (Lipinski definition) is 7. The van der Waals surface area contributed by atoms with Crippen LogP contribution in [0.1, 0.15) is 52.9 Å². The van der Waals surface area contributed by atoms with Crippen LogP contribution in [0.15, 0.2) is 35.1 Å². The molecule has 192 valence electrons. The van der Waals surface area contributed by atoms with Gasteiger partial charge in [-0.3, -0.25) is 0 Å². The lowest BCUT2D eigenvalue weighted by atomic mass is 9.54. The van der Waals surface area contributed by atoms with Crippen molar-refractivity contribution < 1.29 is 33.5 Å². The fourth-order valence-electron chi connectivity index (χ4n) is 8.46. The van der Waals surface area contributed by atoms with Gasteiger partial charge in [-0.1, -0.05) is 25.2 Å². The molecule has 7 aliphatic rings. The third kappa shape index (κ3) is 3.06. The summed E-state index contributed by atoms with van der Waals surface area (Å²) in [5, 5.41) is 10.3. The average Bonchev–Trinajstić information content (AvgIpc) is 3.46. The second kappa shape index (κ2) is 7.65. The zero-order valence-electron chi connectivity index (χ0n) is 21.2. The van der Waals surface area contributed by atoms with E-state index in [4.69, 9.17) is 28.4 Å². The number of hydrogen-bond donors (Lipinski definition) is 1. The van der Waals surface area contributed by atoms with E-state index < -0.39 is 11.9 Å². The molecule has 4 heterocycles. The standard InChI is InChI=1S/C28H38O7/c1-15-23(29)20(30-4)12-22(33-15)34-17-7-9-26(2)16(11-17)5-6-18-19(26)8-10-28-14-32-27(3)24(28)21(13-31-27)35-25(18)28/h5-6,11,15,17,19-24,29H,7-10,12-14H2,1-4H3/t15-,17+,19+,20-,21-,22+,23-,24-,26+,27-,28+/m0/s1. The van der Waals surface area contributed by atoms with Crippen LogP contribution in [0.5, 0.6) is 0 Å². The molecule has 0 unspecified atom stereocenters. The van der Waals surface area contributed by atoms with Crippen molar-refractivity contribution in [2.45, 2.75) is 95.5 Å². The summed E-state index contributed by atoms with van der Waals surface area (Å²) in [6.07, 6.45) is 10.3. The van der Waals surface area contributed by atoms with Gasteiger partial charge < -0.3 is 33.5 Å². The predicted molar refractivity (Wildman–Crippen MR) is 126 cm³/mol. The molecule has 0 aromatic carbocycles. The highest BCUT2D eigenvalue weighted by Gasteiger charge is 2.72. The number of aliphatic hydroxyl groups is 1. The van der Waals surface area contributed by atoms with E-state index in [1.807, 2.05) is 6.92 Å². The Bertz CT molecular complexity index is 1000. The summed E-state index contributed by atoms with van der Waals surface area (Å²) in [6, 6.07) is 0. The first-order chi connectivity index (χ1) is 16.8. The Balaban J connectivity index is 1.16. The summed E-state index contributed by atoms with van der Waals surface area (Å²) in [5.41, 5.74) is 2.80. The van der Waals surface area contributed by atoms with Crippen LogP contribution >= 0.6 is 0 Å². The summed E-state index contributed by atoms with van der Waals surface area (Å²) in [4.78, 5) is 0. The van der Waals surface area contributed by atoms with Crippen LogP contribution < -0.4 is 0 Å². The minimum Gasteiger partial charge on any atom is -0.491 e. The van der Waals surface area contributed by atoms with E-state index in [9.17, 15) is 5.11 Å². The lowest BCUT2D eigenvalue weighted by Crippen LogP contribution is -2.49. The molecule has 35 heavy (non-hydrogen) atoms. The number of ether oxygens (including phenoxy) is 6. The molecule has 4 aliphatic heterocycles. The van der Waals surface area contributed by atoms with Gasteiger partial charge in [-0.05, 0) is 62.0 Å². The number of aliphatic hydroxyl groups excluding tert-OH is 1. The molecule has 1 N–H and O–H groups in total. The van der Waals surface area contributed by atoms with Gasteiger partial charge in [0.25, 0.3) is 0 Å². The van der Waals surface area contributed by atoms with Gasteiger partial charge in [0.1, 0.15) is 18.0 Å². The van der Waals surface area contributed by atoms with E-state index >= 15 is 0 Å². The lowest BCUT2D eigenvalue weighted by Gasteiger charge is -2.50. The summed E-state index contributed by atoms with van der Waals surface area (Å²) in [6.45, 7) is 7.73. The molecule has 0 saturated carbocycles. The van der Waals surface area contributed by atoms with Crippen LogP contribution in [0.2, 0.25) is 0 Å². The number of rotatable bonds is 3. The largest absolute Gasteiger partial charge is 0.491 e. The maximum Gasteiger partial charge on any atom is 0.173 e. The van der Waals surface area contributed by atoms with E-state index in [1.54, 1.807) is 7.11 Å². The maximum atomic E-state index is 10.3. The van der Waals surface area contributed by atoms with E-state index in [2.05, 4.69) is 32.1 Å². The van der Waals surface area contributed by atoms with Crippen LogP contribution in [0.3, 0.4) is 0 Å². The monoisotopic (exact) mass is 486 g/mol. The van der Waals surface area contributed by atoms with E-state index in [1.165, 1.54) is 16.9 Å². The highest BCUT2D eigenvalue weighted by atomic mass is 16.7. The third-order valence-electron chi connectivity index (χ3n) is 10.4. The average molecular weight is 487 g/mol. The molecule has 11 atom stereocenters. The molecule has 0 radical (unpaired) electrons. The highest BCUT2D eigenvalue weighted by Crippen LogP contribution is 2.68. The van der Waals surface area contributed by atoms with Crippen molar-refractivity contribution in [3.8, 4) is 0 Å². The van der Waals surface area contributed by atoms with Gasteiger partial charge in [0.05, 0.1) is 42.9 Å². The molecule has 1 spiro atoms.